The maximum atomic E-state index is 11.2. The number of hydrogen-bond acceptors (Lipinski definition) is 5. The van der Waals surface area contributed by atoms with Crippen LogP contribution in [-0.4, -0.2) is 44.3 Å². The summed E-state index contributed by atoms with van der Waals surface area (Å²) in [6.45, 7) is 0. The highest BCUT2D eigenvalue weighted by atomic mass is 32.2. The molecule has 0 aliphatic carbocycles. The van der Waals surface area contributed by atoms with Crippen molar-refractivity contribution >= 4 is 49.0 Å². The predicted octanol–water partition coefficient (Wildman–Crippen LogP) is 0.963. The fourth-order valence-corrected chi connectivity index (χ4v) is 4.16. The van der Waals surface area contributed by atoms with Crippen LogP contribution in [0, 0.1) is 0 Å². The number of rotatable bonds is 5. The number of carboxylic acids is 1. The number of amides is 2. The molecule has 0 aromatic rings. The molecule has 8 heteroatoms. The minimum atomic E-state index is -1.26. The van der Waals surface area contributed by atoms with Crippen LogP contribution < -0.4 is 10.6 Å². The molecule has 0 aromatic carbocycles. The van der Waals surface area contributed by atoms with E-state index in [1.807, 2.05) is 11.8 Å². The molecule has 0 bridgehead atoms. The molecule has 0 unspecified atom stereocenters. The molecule has 18 heavy (non-hydrogen) atoms. The van der Waals surface area contributed by atoms with Crippen LogP contribution in [0.25, 0.3) is 0 Å². The van der Waals surface area contributed by atoms with E-state index in [0.29, 0.717) is 11.7 Å². The summed E-state index contributed by atoms with van der Waals surface area (Å²) in [7, 11) is 0. The largest absolute Gasteiger partial charge is 0.480 e. The van der Waals surface area contributed by atoms with Gasteiger partial charge < -0.3 is 15.7 Å². The third kappa shape index (κ3) is 3.03. The standard InChI is InChI=1S/C10H16N2O3S3/c13-8(14)10(16,17)3-1-2-6-7-5(4-18-6)11-9(15)12-7/h5-7,16-17H,1-4H2,(H,13,14)(H2,11,12,15)/t5-,6-,7-/m0/s1. The summed E-state index contributed by atoms with van der Waals surface area (Å²) in [5.74, 6) is -0.0955. The van der Waals surface area contributed by atoms with Crippen molar-refractivity contribution in [2.75, 3.05) is 5.75 Å². The second-order valence-corrected chi connectivity index (χ2v) is 7.79. The SMILES string of the molecule is O=C1N[C@H]2[C@H](CS[C@H]2CCCC(S)(S)C(=O)O)N1. The first kappa shape index (κ1) is 14.2. The summed E-state index contributed by atoms with van der Waals surface area (Å²) in [5.41, 5.74) is 0. The maximum Gasteiger partial charge on any atom is 0.329 e. The normalized spacial score (nSPS) is 30.8. The van der Waals surface area contributed by atoms with Gasteiger partial charge >= 0.3 is 12.0 Å². The Kier molecular flexibility index (Phi) is 4.28. The number of hydrogen-bond donors (Lipinski definition) is 5. The van der Waals surface area contributed by atoms with Crippen molar-refractivity contribution in [2.45, 2.75) is 40.7 Å². The molecular weight excluding hydrogens is 292 g/mol. The van der Waals surface area contributed by atoms with E-state index in [1.165, 1.54) is 0 Å². The van der Waals surface area contributed by atoms with Crippen molar-refractivity contribution in [3.63, 3.8) is 0 Å². The quantitative estimate of drug-likeness (QED) is 0.298. The molecule has 2 saturated heterocycles. The number of carbonyl (C=O) groups is 2. The summed E-state index contributed by atoms with van der Waals surface area (Å²) < 4.78 is -1.26. The minimum Gasteiger partial charge on any atom is -0.480 e. The zero-order valence-corrected chi connectivity index (χ0v) is 12.2. The van der Waals surface area contributed by atoms with Gasteiger partial charge in [0.25, 0.3) is 0 Å². The van der Waals surface area contributed by atoms with Gasteiger partial charge in [-0.15, -0.1) is 0 Å². The Balaban J connectivity index is 1.78. The van der Waals surface area contributed by atoms with E-state index in [4.69, 9.17) is 5.11 Å². The lowest BCUT2D eigenvalue weighted by Gasteiger charge is -2.20. The molecule has 102 valence electrons. The van der Waals surface area contributed by atoms with Crippen LogP contribution >= 0.6 is 37.0 Å². The summed E-state index contributed by atoms with van der Waals surface area (Å²) in [6, 6.07) is 0.281. The number of nitrogens with one attached hydrogen (secondary N) is 2. The minimum absolute atomic E-state index is 0.0985. The molecule has 2 rings (SSSR count). The van der Waals surface area contributed by atoms with Crippen LogP contribution in [0.3, 0.4) is 0 Å². The third-order valence-corrected chi connectivity index (χ3v) is 5.63. The second-order valence-electron chi connectivity index (χ2n) is 4.64. The topological polar surface area (TPSA) is 78.4 Å². The monoisotopic (exact) mass is 308 g/mol. The summed E-state index contributed by atoms with van der Waals surface area (Å²) in [4.78, 5) is 22.0. The van der Waals surface area contributed by atoms with E-state index in [-0.39, 0.29) is 18.1 Å². The predicted molar refractivity (Wildman–Crippen MR) is 77.7 cm³/mol. The molecule has 2 aliphatic heterocycles. The van der Waals surface area contributed by atoms with Gasteiger partial charge in [-0.1, -0.05) is 0 Å². The highest BCUT2D eigenvalue weighted by Crippen LogP contribution is 2.35. The third-order valence-electron chi connectivity index (χ3n) is 3.29. The molecule has 3 atom stereocenters. The number of thiol groups is 2. The number of thioether (sulfide) groups is 1. The number of urea groups is 1. The van der Waals surface area contributed by atoms with Crippen LogP contribution in [-0.2, 0) is 4.79 Å². The Labute approximate surface area is 121 Å². The molecule has 5 nitrogen and oxygen atoms in total. The number of aliphatic carboxylic acids is 1. The summed E-state index contributed by atoms with van der Waals surface area (Å²) in [5, 5.41) is 15.0. The van der Waals surface area contributed by atoms with E-state index in [1.54, 1.807) is 0 Å². The summed E-state index contributed by atoms with van der Waals surface area (Å²) >= 11 is 9.87. The van der Waals surface area contributed by atoms with E-state index in [2.05, 4.69) is 35.9 Å². The van der Waals surface area contributed by atoms with Gasteiger partial charge in [-0.2, -0.15) is 37.0 Å². The lowest BCUT2D eigenvalue weighted by Crippen LogP contribution is -2.37. The van der Waals surface area contributed by atoms with Gasteiger partial charge in [0.05, 0.1) is 12.1 Å². The van der Waals surface area contributed by atoms with Gasteiger partial charge in [0, 0.05) is 11.0 Å². The van der Waals surface area contributed by atoms with E-state index in [0.717, 1.165) is 18.6 Å². The fraction of sp³-hybridized carbons (Fsp3) is 0.800. The Morgan fingerprint density at radius 2 is 2.22 bits per heavy atom. The molecule has 0 aromatic heterocycles. The number of fused-ring (bicyclic) bond motifs is 1. The fourth-order valence-electron chi connectivity index (χ4n) is 2.30. The van der Waals surface area contributed by atoms with E-state index >= 15 is 0 Å². The first-order valence-electron chi connectivity index (χ1n) is 5.77. The van der Waals surface area contributed by atoms with Crippen LogP contribution in [0.5, 0.6) is 0 Å². The highest BCUT2D eigenvalue weighted by Gasteiger charge is 2.42. The molecule has 2 aliphatic rings. The van der Waals surface area contributed by atoms with Crippen LogP contribution in [0.2, 0.25) is 0 Å². The zero-order valence-electron chi connectivity index (χ0n) is 9.63. The lowest BCUT2D eigenvalue weighted by atomic mass is 10.0. The van der Waals surface area contributed by atoms with Crippen LogP contribution in [0.1, 0.15) is 19.3 Å². The van der Waals surface area contributed by atoms with Crippen LogP contribution in [0.15, 0.2) is 0 Å². The van der Waals surface area contributed by atoms with Gasteiger partial charge in [0.15, 0.2) is 4.08 Å². The Morgan fingerprint density at radius 1 is 1.50 bits per heavy atom. The van der Waals surface area contributed by atoms with Crippen molar-refractivity contribution in [1.82, 2.24) is 10.6 Å². The van der Waals surface area contributed by atoms with Crippen molar-refractivity contribution in [3.05, 3.63) is 0 Å². The van der Waals surface area contributed by atoms with Gasteiger partial charge in [-0.3, -0.25) is 0 Å². The Morgan fingerprint density at radius 3 is 2.89 bits per heavy atom. The molecule has 2 amide bonds. The first-order valence-corrected chi connectivity index (χ1v) is 7.71. The molecule has 2 fully saturated rings. The van der Waals surface area contributed by atoms with E-state index < -0.39 is 10.0 Å². The highest BCUT2D eigenvalue weighted by molar-refractivity contribution is 8.02. The molecule has 2 heterocycles. The van der Waals surface area contributed by atoms with Gasteiger partial charge in [-0.05, 0) is 19.3 Å². The lowest BCUT2D eigenvalue weighted by molar-refractivity contribution is -0.137. The van der Waals surface area contributed by atoms with Gasteiger partial charge in [0.1, 0.15) is 0 Å². The number of carbonyl (C=O) groups excluding carboxylic acids is 1. The molecular formula is C10H16N2O3S3. The second kappa shape index (κ2) is 5.42. The van der Waals surface area contributed by atoms with Crippen molar-refractivity contribution in [3.8, 4) is 0 Å². The maximum absolute atomic E-state index is 11.2. The van der Waals surface area contributed by atoms with Gasteiger partial charge in [0.2, 0.25) is 0 Å². The molecule has 0 saturated carbocycles. The zero-order chi connectivity index (χ0) is 13.3. The molecule has 3 N–H and O–H groups in total. The Hall–Kier alpha value is -0.210. The molecule has 0 radical (unpaired) electrons. The Bertz CT molecular complexity index is 364. The smallest absolute Gasteiger partial charge is 0.329 e. The van der Waals surface area contributed by atoms with Crippen LogP contribution in [0.4, 0.5) is 4.79 Å². The average molecular weight is 308 g/mol. The summed E-state index contributed by atoms with van der Waals surface area (Å²) in [6.07, 6.45) is 2.00. The first-order chi connectivity index (χ1) is 8.40. The molecule has 0 spiro atoms. The van der Waals surface area contributed by atoms with Crippen molar-refractivity contribution < 1.29 is 14.7 Å². The number of carboxylic acid groups (broad SMARTS) is 1. The van der Waals surface area contributed by atoms with E-state index in [9.17, 15) is 9.59 Å². The van der Waals surface area contributed by atoms with Crippen molar-refractivity contribution in [1.29, 1.82) is 0 Å². The van der Waals surface area contributed by atoms with Crippen molar-refractivity contribution in [2.24, 2.45) is 0 Å². The average Bonchev–Trinajstić information content (AvgIpc) is 2.78. The van der Waals surface area contributed by atoms with Gasteiger partial charge in [-0.25, -0.2) is 9.59 Å².